The number of amides is 2. The van der Waals surface area contributed by atoms with Crippen molar-refractivity contribution < 1.29 is 38.1 Å². The molecule has 2 aromatic carbocycles. The summed E-state index contributed by atoms with van der Waals surface area (Å²) < 4.78 is 26.2. The van der Waals surface area contributed by atoms with E-state index in [0.29, 0.717) is 17.2 Å². The lowest BCUT2D eigenvalue weighted by molar-refractivity contribution is -0.147. The minimum absolute atomic E-state index is 0.0344. The van der Waals surface area contributed by atoms with Crippen LogP contribution in [0.25, 0.3) is 12.2 Å². The highest BCUT2D eigenvalue weighted by Crippen LogP contribution is 2.24. The molecule has 2 rings (SSSR count). The summed E-state index contributed by atoms with van der Waals surface area (Å²) in [6.07, 6.45) is 2.43. The largest absolute Gasteiger partial charge is 0.497 e. The number of rotatable bonds is 11. The number of benzene rings is 2. The lowest BCUT2D eigenvalue weighted by Crippen LogP contribution is -2.47. The highest BCUT2D eigenvalue weighted by molar-refractivity contribution is 5.81. The average Bonchev–Trinajstić information content (AvgIpc) is 2.87. The Bertz CT molecular complexity index is 1110. The Labute approximate surface area is 229 Å². The Kier molecular flexibility index (Phi) is 11.7. The minimum Gasteiger partial charge on any atom is -0.497 e. The molecule has 0 aliphatic carbocycles. The number of esters is 1. The van der Waals surface area contributed by atoms with Crippen LogP contribution < -0.4 is 24.8 Å². The smallest absolute Gasteiger partial charge is 0.412 e. The van der Waals surface area contributed by atoms with Crippen molar-refractivity contribution in [2.45, 2.75) is 46.3 Å². The van der Waals surface area contributed by atoms with Gasteiger partial charge in [-0.05, 0) is 62.1 Å². The van der Waals surface area contributed by atoms with Gasteiger partial charge in [-0.25, -0.2) is 14.4 Å². The topological polar surface area (TPSA) is 121 Å². The number of carbonyl (C=O) groups excluding carboxylic acids is 3. The molecule has 0 aliphatic rings. The van der Waals surface area contributed by atoms with Crippen LogP contribution in [-0.2, 0) is 14.3 Å². The second kappa shape index (κ2) is 14.7. The Morgan fingerprint density at radius 3 is 1.97 bits per heavy atom. The monoisotopic (exact) mass is 542 g/mol. The second-order valence-electron chi connectivity index (χ2n) is 9.90. The number of alkyl carbamates (subject to hydrolysis) is 1. The van der Waals surface area contributed by atoms with Crippen LogP contribution in [0.1, 0.15) is 45.7 Å². The first kappa shape index (κ1) is 31.0. The first-order valence-corrected chi connectivity index (χ1v) is 12.5. The van der Waals surface area contributed by atoms with Gasteiger partial charge in [0, 0.05) is 6.07 Å². The van der Waals surface area contributed by atoms with Crippen molar-refractivity contribution in [2.75, 3.05) is 27.4 Å². The van der Waals surface area contributed by atoms with Crippen molar-refractivity contribution in [3.05, 3.63) is 53.6 Å². The summed E-state index contributed by atoms with van der Waals surface area (Å²) in [6, 6.07) is 11.6. The van der Waals surface area contributed by atoms with Gasteiger partial charge >= 0.3 is 18.2 Å². The highest BCUT2D eigenvalue weighted by atomic mass is 16.6. The van der Waals surface area contributed by atoms with E-state index in [1.807, 2.05) is 36.4 Å². The molecule has 2 N–H and O–H groups in total. The predicted molar refractivity (Wildman–Crippen MR) is 148 cm³/mol. The Hall–Kier alpha value is -4.21. The molecule has 212 valence electrons. The van der Waals surface area contributed by atoms with Gasteiger partial charge in [-0.2, -0.15) is 0 Å². The summed E-state index contributed by atoms with van der Waals surface area (Å²) in [5.74, 6) is 0.888. The second-order valence-corrected chi connectivity index (χ2v) is 9.90. The molecule has 10 nitrogen and oxygen atoms in total. The number of methoxy groups -OCH3 is 2. The molecule has 0 aliphatic heterocycles. The van der Waals surface area contributed by atoms with Gasteiger partial charge in [0.05, 0.1) is 20.8 Å². The van der Waals surface area contributed by atoms with Gasteiger partial charge in [0.1, 0.15) is 35.5 Å². The molecule has 0 bridgehead atoms. The van der Waals surface area contributed by atoms with Crippen molar-refractivity contribution in [3.63, 3.8) is 0 Å². The van der Waals surface area contributed by atoms with Crippen LogP contribution in [0.5, 0.6) is 17.2 Å². The standard InChI is InChI=1S/C29H38N2O8/c1-19(2)25(31-28(34)39-29(3,4)5)26(32)37-15-14-30-27(33)38-22-12-10-20(11-13-22)8-9-21-16-23(35-6)18-24(17-21)36-7/h8-13,16-19,25H,14-15H2,1-7H3,(H,30,33)(H,31,34)/b9-8+. The fourth-order valence-electron chi connectivity index (χ4n) is 3.23. The first-order valence-electron chi connectivity index (χ1n) is 12.5. The molecular formula is C29H38N2O8. The van der Waals surface area contributed by atoms with E-state index in [2.05, 4.69) is 10.6 Å². The van der Waals surface area contributed by atoms with E-state index in [-0.39, 0.29) is 19.1 Å². The zero-order valence-corrected chi connectivity index (χ0v) is 23.5. The summed E-state index contributed by atoms with van der Waals surface area (Å²) >= 11 is 0. The number of nitrogens with one attached hydrogen (secondary N) is 2. The van der Waals surface area contributed by atoms with Crippen molar-refractivity contribution in [1.29, 1.82) is 0 Å². The normalized spacial score (nSPS) is 12.0. The zero-order valence-electron chi connectivity index (χ0n) is 23.5. The van der Waals surface area contributed by atoms with Gasteiger partial charge in [-0.15, -0.1) is 0 Å². The molecule has 2 amide bonds. The lowest BCUT2D eigenvalue weighted by Gasteiger charge is -2.24. The van der Waals surface area contributed by atoms with Crippen molar-refractivity contribution >= 4 is 30.3 Å². The maximum Gasteiger partial charge on any atom is 0.412 e. The molecule has 0 saturated carbocycles. The van der Waals surface area contributed by atoms with Crippen molar-refractivity contribution in [1.82, 2.24) is 10.6 Å². The van der Waals surface area contributed by atoms with E-state index < -0.39 is 29.8 Å². The third kappa shape index (κ3) is 11.4. The molecule has 0 spiro atoms. The van der Waals surface area contributed by atoms with Gasteiger partial charge < -0.3 is 34.3 Å². The number of carbonyl (C=O) groups is 3. The van der Waals surface area contributed by atoms with Gasteiger partial charge in [-0.1, -0.05) is 38.1 Å². The first-order chi connectivity index (χ1) is 18.4. The molecule has 2 aromatic rings. The summed E-state index contributed by atoms with van der Waals surface area (Å²) in [5.41, 5.74) is 1.12. The van der Waals surface area contributed by atoms with E-state index in [1.54, 1.807) is 67.0 Å². The fraction of sp³-hybridized carbons (Fsp3) is 0.414. The molecule has 10 heteroatoms. The number of hydrogen-bond donors (Lipinski definition) is 2. The Balaban J connectivity index is 1.79. The number of hydrogen-bond acceptors (Lipinski definition) is 8. The van der Waals surface area contributed by atoms with Crippen molar-refractivity contribution in [2.24, 2.45) is 5.92 Å². The third-order valence-electron chi connectivity index (χ3n) is 5.14. The third-order valence-corrected chi connectivity index (χ3v) is 5.14. The molecule has 0 aromatic heterocycles. The van der Waals surface area contributed by atoms with Crippen LogP contribution in [0.15, 0.2) is 42.5 Å². The molecular weight excluding hydrogens is 504 g/mol. The van der Waals surface area contributed by atoms with Gasteiger partial charge in [0.2, 0.25) is 0 Å². The van der Waals surface area contributed by atoms with E-state index in [0.717, 1.165) is 11.1 Å². The Morgan fingerprint density at radius 1 is 0.846 bits per heavy atom. The molecule has 0 fully saturated rings. The van der Waals surface area contributed by atoms with Gasteiger partial charge in [-0.3, -0.25) is 0 Å². The molecule has 1 atom stereocenters. The van der Waals surface area contributed by atoms with E-state index in [9.17, 15) is 14.4 Å². The maximum atomic E-state index is 12.4. The van der Waals surface area contributed by atoms with Gasteiger partial charge in [0.15, 0.2) is 0 Å². The Morgan fingerprint density at radius 2 is 1.44 bits per heavy atom. The predicted octanol–water partition coefficient (Wildman–Crippen LogP) is 5.06. The number of ether oxygens (including phenoxy) is 5. The van der Waals surface area contributed by atoms with Crippen LogP contribution in [0.2, 0.25) is 0 Å². The van der Waals surface area contributed by atoms with E-state index >= 15 is 0 Å². The van der Waals surface area contributed by atoms with Crippen LogP contribution in [0.3, 0.4) is 0 Å². The highest BCUT2D eigenvalue weighted by Gasteiger charge is 2.28. The van der Waals surface area contributed by atoms with Gasteiger partial charge in [0.25, 0.3) is 0 Å². The molecule has 39 heavy (non-hydrogen) atoms. The fourth-order valence-corrected chi connectivity index (χ4v) is 3.23. The maximum absolute atomic E-state index is 12.4. The van der Waals surface area contributed by atoms with Crippen LogP contribution in [0, 0.1) is 5.92 Å². The quantitative estimate of drug-likeness (QED) is 0.230. The van der Waals surface area contributed by atoms with E-state index in [4.69, 9.17) is 23.7 Å². The molecule has 0 saturated heterocycles. The summed E-state index contributed by atoms with van der Waals surface area (Å²) in [7, 11) is 3.19. The SMILES string of the molecule is COc1cc(/C=C/c2ccc(OC(=O)NCCOC(=O)C(NC(=O)OC(C)(C)C)C(C)C)cc2)cc(OC)c1. The zero-order chi connectivity index (χ0) is 29.0. The molecule has 0 heterocycles. The lowest BCUT2D eigenvalue weighted by atomic mass is 10.1. The van der Waals surface area contributed by atoms with Crippen LogP contribution in [-0.4, -0.2) is 57.2 Å². The average molecular weight is 543 g/mol. The summed E-state index contributed by atoms with van der Waals surface area (Å²) in [5, 5.41) is 5.05. The van der Waals surface area contributed by atoms with Crippen LogP contribution in [0.4, 0.5) is 9.59 Å². The van der Waals surface area contributed by atoms with Crippen molar-refractivity contribution in [3.8, 4) is 17.2 Å². The molecule has 0 radical (unpaired) electrons. The summed E-state index contributed by atoms with van der Waals surface area (Å²) in [4.78, 5) is 36.5. The van der Waals surface area contributed by atoms with E-state index in [1.165, 1.54) is 0 Å². The molecule has 1 unspecified atom stereocenters. The summed E-state index contributed by atoms with van der Waals surface area (Å²) in [6.45, 7) is 8.68. The minimum atomic E-state index is -0.884. The van der Waals surface area contributed by atoms with Crippen LogP contribution >= 0.6 is 0 Å².